The Morgan fingerprint density at radius 1 is 1.50 bits per heavy atom. The summed E-state index contributed by atoms with van der Waals surface area (Å²) in [6.45, 7) is 4.93. The summed E-state index contributed by atoms with van der Waals surface area (Å²) in [5.41, 5.74) is 0. The van der Waals surface area contributed by atoms with Gasteiger partial charge in [-0.25, -0.2) is 0 Å². The Morgan fingerprint density at radius 3 is 3.07 bits per heavy atom. The molecule has 2 fully saturated rings. The number of carbonyl (C=O) groups excluding carboxylic acids is 1. The lowest BCUT2D eigenvalue weighted by Gasteiger charge is -2.38. The number of ether oxygens (including phenoxy) is 1. The van der Waals surface area contributed by atoms with Crippen LogP contribution in [-0.4, -0.2) is 42.5 Å². The lowest BCUT2D eigenvalue weighted by atomic mass is 9.92. The lowest BCUT2D eigenvalue weighted by molar-refractivity contribution is -0.123. The average Bonchev–Trinajstić information content (AvgIpc) is 2.18. The fourth-order valence-electron chi connectivity index (χ4n) is 2.49. The van der Waals surface area contributed by atoms with Crippen molar-refractivity contribution in [2.75, 3.05) is 19.7 Å². The number of rotatable bonds is 1. The van der Waals surface area contributed by atoms with Crippen molar-refractivity contribution in [3.63, 3.8) is 0 Å². The maximum atomic E-state index is 11.3. The minimum atomic E-state index is 0.334. The van der Waals surface area contributed by atoms with Crippen molar-refractivity contribution in [2.24, 2.45) is 0 Å². The number of nitrogens with zero attached hydrogens (tertiary/aromatic N) is 1. The van der Waals surface area contributed by atoms with Gasteiger partial charge in [-0.3, -0.25) is 9.69 Å². The molecule has 2 aliphatic rings. The van der Waals surface area contributed by atoms with Gasteiger partial charge in [0.2, 0.25) is 0 Å². The van der Waals surface area contributed by atoms with Crippen LogP contribution in [0.15, 0.2) is 0 Å². The highest BCUT2D eigenvalue weighted by Crippen LogP contribution is 2.22. The summed E-state index contributed by atoms with van der Waals surface area (Å²) in [6, 6.07) is 0.502. The number of carbonyl (C=O) groups is 1. The maximum absolute atomic E-state index is 11.3. The van der Waals surface area contributed by atoms with Gasteiger partial charge in [0.05, 0.1) is 12.7 Å². The molecule has 1 heterocycles. The smallest absolute Gasteiger partial charge is 0.134 e. The summed E-state index contributed by atoms with van der Waals surface area (Å²) >= 11 is 0. The molecule has 2 atom stereocenters. The normalized spacial score (nSPS) is 35.9. The SMILES string of the molecule is CC1CN(C2CCCC(=O)C2)CCO1. The van der Waals surface area contributed by atoms with Gasteiger partial charge in [0.1, 0.15) is 5.78 Å². The zero-order chi connectivity index (χ0) is 9.97. The Labute approximate surface area is 85.4 Å². The van der Waals surface area contributed by atoms with E-state index < -0.39 is 0 Å². The van der Waals surface area contributed by atoms with Gasteiger partial charge in [-0.15, -0.1) is 0 Å². The topological polar surface area (TPSA) is 29.5 Å². The van der Waals surface area contributed by atoms with Crippen LogP contribution in [0.25, 0.3) is 0 Å². The molecular formula is C11H19NO2. The van der Waals surface area contributed by atoms with Crippen molar-refractivity contribution in [1.29, 1.82) is 0 Å². The van der Waals surface area contributed by atoms with Crippen LogP contribution in [0, 0.1) is 0 Å². The molecule has 2 rings (SSSR count). The van der Waals surface area contributed by atoms with Crippen LogP contribution in [0.4, 0.5) is 0 Å². The fraction of sp³-hybridized carbons (Fsp3) is 0.909. The van der Waals surface area contributed by atoms with Crippen molar-refractivity contribution in [3.05, 3.63) is 0 Å². The van der Waals surface area contributed by atoms with Crippen molar-refractivity contribution in [3.8, 4) is 0 Å². The Morgan fingerprint density at radius 2 is 2.36 bits per heavy atom. The van der Waals surface area contributed by atoms with Gasteiger partial charge in [-0.1, -0.05) is 0 Å². The fourth-order valence-corrected chi connectivity index (χ4v) is 2.49. The van der Waals surface area contributed by atoms with Crippen LogP contribution in [0.2, 0.25) is 0 Å². The second kappa shape index (κ2) is 4.41. The van der Waals surface area contributed by atoms with E-state index in [2.05, 4.69) is 11.8 Å². The Hall–Kier alpha value is -0.410. The van der Waals surface area contributed by atoms with Crippen LogP contribution in [0.5, 0.6) is 0 Å². The molecule has 80 valence electrons. The third kappa shape index (κ3) is 2.34. The zero-order valence-electron chi connectivity index (χ0n) is 8.87. The van der Waals surface area contributed by atoms with Crippen LogP contribution in [-0.2, 0) is 9.53 Å². The lowest BCUT2D eigenvalue weighted by Crippen LogP contribution is -2.48. The van der Waals surface area contributed by atoms with Crippen LogP contribution < -0.4 is 0 Å². The number of Topliss-reactive ketones (excluding diaryl/α,β-unsaturated/α-hetero) is 1. The van der Waals surface area contributed by atoms with Gasteiger partial charge >= 0.3 is 0 Å². The van der Waals surface area contributed by atoms with E-state index in [1.807, 2.05) is 0 Å². The Kier molecular flexibility index (Phi) is 3.19. The summed E-state index contributed by atoms with van der Waals surface area (Å²) in [7, 11) is 0. The molecule has 1 saturated carbocycles. The molecule has 0 aromatic carbocycles. The molecule has 1 aliphatic heterocycles. The quantitative estimate of drug-likeness (QED) is 0.633. The van der Waals surface area contributed by atoms with Crippen molar-refractivity contribution < 1.29 is 9.53 Å². The van der Waals surface area contributed by atoms with E-state index in [-0.39, 0.29) is 0 Å². The van der Waals surface area contributed by atoms with Crippen LogP contribution in [0.1, 0.15) is 32.6 Å². The molecule has 14 heavy (non-hydrogen) atoms. The molecule has 0 amide bonds. The average molecular weight is 197 g/mol. The van der Waals surface area contributed by atoms with E-state index in [4.69, 9.17) is 4.74 Å². The highest BCUT2D eigenvalue weighted by atomic mass is 16.5. The third-order valence-corrected chi connectivity index (χ3v) is 3.25. The first-order valence-corrected chi connectivity index (χ1v) is 5.63. The molecule has 2 unspecified atom stereocenters. The molecule has 0 N–H and O–H groups in total. The monoisotopic (exact) mass is 197 g/mol. The molecular weight excluding hydrogens is 178 g/mol. The summed E-state index contributed by atoms with van der Waals surface area (Å²) in [4.78, 5) is 13.8. The van der Waals surface area contributed by atoms with Gasteiger partial charge < -0.3 is 4.74 Å². The van der Waals surface area contributed by atoms with Crippen LogP contribution in [0.3, 0.4) is 0 Å². The maximum Gasteiger partial charge on any atom is 0.134 e. The Bertz CT molecular complexity index is 217. The van der Waals surface area contributed by atoms with Gasteiger partial charge in [-0.05, 0) is 19.8 Å². The second-order valence-corrected chi connectivity index (χ2v) is 4.47. The van der Waals surface area contributed by atoms with E-state index in [1.165, 1.54) is 6.42 Å². The number of ketones is 1. The Balaban J connectivity index is 1.89. The first-order chi connectivity index (χ1) is 6.75. The molecule has 3 heteroatoms. The first-order valence-electron chi connectivity index (χ1n) is 5.63. The van der Waals surface area contributed by atoms with Crippen molar-refractivity contribution in [2.45, 2.75) is 44.8 Å². The van der Waals surface area contributed by atoms with Gasteiger partial charge in [-0.2, -0.15) is 0 Å². The number of hydrogen-bond acceptors (Lipinski definition) is 3. The molecule has 0 radical (unpaired) electrons. The number of morpholine rings is 1. The summed E-state index contributed by atoms with van der Waals surface area (Å²) in [6.07, 6.45) is 4.18. The number of hydrogen-bond donors (Lipinski definition) is 0. The standard InChI is InChI=1S/C11H19NO2/c1-9-8-12(5-6-14-9)10-3-2-4-11(13)7-10/h9-10H,2-8H2,1H3. The van der Waals surface area contributed by atoms with Gasteiger partial charge in [0.15, 0.2) is 0 Å². The minimum Gasteiger partial charge on any atom is -0.376 e. The van der Waals surface area contributed by atoms with E-state index in [0.29, 0.717) is 17.9 Å². The molecule has 0 spiro atoms. The van der Waals surface area contributed by atoms with Gasteiger partial charge in [0.25, 0.3) is 0 Å². The predicted molar refractivity (Wildman–Crippen MR) is 54.3 cm³/mol. The summed E-state index contributed by atoms with van der Waals surface area (Å²) in [5, 5.41) is 0. The van der Waals surface area contributed by atoms with E-state index >= 15 is 0 Å². The van der Waals surface area contributed by atoms with Crippen LogP contribution >= 0.6 is 0 Å². The third-order valence-electron chi connectivity index (χ3n) is 3.25. The van der Waals surface area contributed by atoms with Gasteiger partial charge in [0, 0.05) is 32.0 Å². The molecule has 1 saturated heterocycles. The minimum absolute atomic E-state index is 0.334. The van der Waals surface area contributed by atoms with E-state index in [1.54, 1.807) is 0 Å². The molecule has 0 aromatic rings. The largest absolute Gasteiger partial charge is 0.376 e. The second-order valence-electron chi connectivity index (χ2n) is 4.47. The highest BCUT2D eigenvalue weighted by Gasteiger charge is 2.28. The molecule has 3 nitrogen and oxygen atoms in total. The predicted octanol–water partition coefficient (Wildman–Crippen LogP) is 1.22. The summed E-state index contributed by atoms with van der Waals surface area (Å²) < 4.78 is 5.50. The zero-order valence-corrected chi connectivity index (χ0v) is 8.87. The first kappa shape index (κ1) is 10.1. The highest BCUT2D eigenvalue weighted by molar-refractivity contribution is 5.79. The molecule has 0 aromatic heterocycles. The van der Waals surface area contributed by atoms with Crippen molar-refractivity contribution in [1.82, 2.24) is 4.90 Å². The molecule has 0 bridgehead atoms. The van der Waals surface area contributed by atoms with E-state index in [0.717, 1.165) is 39.0 Å². The van der Waals surface area contributed by atoms with Crippen molar-refractivity contribution >= 4 is 5.78 Å². The van der Waals surface area contributed by atoms with E-state index in [9.17, 15) is 4.79 Å². The summed E-state index contributed by atoms with van der Waals surface area (Å²) in [5.74, 6) is 0.445. The molecule has 1 aliphatic carbocycles.